The van der Waals surface area contributed by atoms with E-state index >= 15 is 0 Å². The van der Waals surface area contributed by atoms with E-state index in [2.05, 4.69) is 28.3 Å². The number of methoxy groups -OCH3 is 1. The van der Waals surface area contributed by atoms with Crippen LogP contribution in [0.25, 0.3) is 0 Å². The van der Waals surface area contributed by atoms with Crippen LogP contribution in [-0.4, -0.2) is 135 Å². The number of carbonyl (C=O) groups is 5. The molecule has 6 rings (SSSR count). The van der Waals surface area contributed by atoms with Gasteiger partial charge in [-0.2, -0.15) is 0 Å². The summed E-state index contributed by atoms with van der Waals surface area (Å²) in [6, 6.07) is 1.89. The second kappa shape index (κ2) is 28.4. The Labute approximate surface area is 474 Å². The van der Waals surface area contributed by atoms with Gasteiger partial charge in [-0.3, -0.25) is 29.0 Å². The number of aliphatic hydroxyl groups excluding tert-OH is 3. The van der Waals surface area contributed by atoms with E-state index < -0.39 is 108 Å². The summed E-state index contributed by atoms with van der Waals surface area (Å²) in [5, 5.41) is 55.5. The SMILES string of the molecule is CC[C@H]1C[C@H](C)[C@@]2(NC1=O)O[C@@H](C[C@H](O)[C@@H](C)CC/C=C/C=C(\C)[C@@H]1C/C=C/C=C/[C@H](O)[C@H](C)[C@H]3OC(C)(OC)CC[C@H]3C(=O)N[C@@H](C(C)C)C(=O)N[C@@H](Cc3ccc(C)c(O)c3)C(=O)N3CCCC(N3)C(=O)O1)[C@H](C)[C@H](O)[C@@H]2C. The van der Waals surface area contributed by atoms with Crippen LogP contribution in [-0.2, 0) is 49.3 Å². The molecule has 5 heterocycles. The zero-order valence-corrected chi connectivity index (χ0v) is 49.5. The van der Waals surface area contributed by atoms with E-state index in [1.165, 1.54) is 12.1 Å². The lowest BCUT2D eigenvalue weighted by molar-refractivity contribution is -0.280. The molecule has 2 unspecified atom stereocenters. The van der Waals surface area contributed by atoms with Gasteiger partial charge in [0.25, 0.3) is 5.91 Å². The van der Waals surface area contributed by atoms with E-state index in [0.29, 0.717) is 62.5 Å². The van der Waals surface area contributed by atoms with E-state index in [-0.39, 0.29) is 60.6 Å². The normalized spacial score (nSPS) is 37.1. The van der Waals surface area contributed by atoms with Crippen LogP contribution in [0.5, 0.6) is 5.75 Å². The predicted molar refractivity (Wildman–Crippen MR) is 304 cm³/mol. The van der Waals surface area contributed by atoms with Gasteiger partial charge in [0, 0.05) is 68.9 Å². The highest BCUT2D eigenvalue weighted by atomic mass is 16.7. The molecule has 446 valence electrons. The number of aryl methyl sites for hydroxylation is 1. The third-order valence-electron chi connectivity index (χ3n) is 18.1. The fourth-order valence-corrected chi connectivity index (χ4v) is 12.2. The number of phenolic OH excluding ortho intramolecular Hbond substituents is 1. The van der Waals surface area contributed by atoms with Gasteiger partial charge in [-0.15, -0.1) is 0 Å². The third-order valence-corrected chi connectivity index (χ3v) is 18.1. The fraction of sp³-hybridized carbons (Fsp3) is 0.694. The maximum atomic E-state index is 14.7. The number of piperidine rings is 1. The van der Waals surface area contributed by atoms with Crippen molar-refractivity contribution in [1.82, 2.24) is 26.4 Å². The first kappa shape index (κ1) is 64.2. The number of benzene rings is 1. The van der Waals surface area contributed by atoms with E-state index in [1.54, 1.807) is 71.0 Å². The molecule has 4 saturated heterocycles. The summed E-state index contributed by atoms with van der Waals surface area (Å²) < 4.78 is 25.2. The number of nitrogens with zero attached hydrogens (tertiary/aromatic N) is 1. The first-order chi connectivity index (χ1) is 37.8. The monoisotopic (exact) mass is 1120 g/mol. The van der Waals surface area contributed by atoms with Crippen LogP contribution < -0.4 is 21.4 Å². The maximum absolute atomic E-state index is 14.7. The summed E-state index contributed by atoms with van der Waals surface area (Å²) >= 11 is 0. The summed E-state index contributed by atoms with van der Waals surface area (Å²) in [6.45, 7) is 21.0. The number of aromatic hydroxyl groups is 1. The molecular weight excluding hydrogens is 1020 g/mol. The number of allylic oxidation sites excluding steroid dienone is 5. The summed E-state index contributed by atoms with van der Waals surface area (Å²) in [6.07, 6.45) is 13.0. The molecule has 18 nitrogen and oxygen atoms in total. The van der Waals surface area contributed by atoms with Crippen LogP contribution in [0.3, 0.4) is 0 Å². The van der Waals surface area contributed by atoms with Gasteiger partial charge in [0.15, 0.2) is 5.79 Å². The van der Waals surface area contributed by atoms with Gasteiger partial charge in [0.05, 0.1) is 36.4 Å². The van der Waals surface area contributed by atoms with Crippen molar-refractivity contribution in [2.75, 3.05) is 13.7 Å². The second-order valence-electron chi connectivity index (χ2n) is 24.3. The Morgan fingerprint density at radius 2 is 1.71 bits per heavy atom. The van der Waals surface area contributed by atoms with E-state index in [9.17, 15) is 44.4 Å². The molecule has 0 radical (unpaired) electrons. The molecule has 0 aliphatic carbocycles. The van der Waals surface area contributed by atoms with Crippen LogP contribution in [0.4, 0.5) is 0 Å². The summed E-state index contributed by atoms with van der Waals surface area (Å²) in [5.74, 6) is -5.76. The van der Waals surface area contributed by atoms with Crippen LogP contribution in [0.1, 0.15) is 145 Å². The molecule has 5 aliphatic heterocycles. The van der Waals surface area contributed by atoms with Crippen LogP contribution in [0.15, 0.2) is 66.3 Å². The van der Waals surface area contributed by atoms with Gasteiger partial charge in [0.2, 0.25) is 17.7 Å². The quantitative estimate of drug-likeness (QED) is 0.0773. The first-order valence-electron chi connectivity index (χ1n) is 29.4. The molecule has 8 N–H and O–H groups in total. The number of cyclic esters (lactones) is 1. The molecule has 2 bridgehead atoms. The largest absolute Gasteiger partial charge is 0.508 e. The molecule has 1 aromatic carbocycles. The Morgan fingerprint density at radius 1 is 0.975 bits per heavy atom. The van der Waals surface area contributed by atoms with E-state index in [4.69, 9.17) is 18.9 Å². The van der Waals surface area contributed by atoms with Gasteiger partial charge in [-0.25, -0.2) is 5.43 Å². The number of aliphatic hydroxyl groups is 3. The van der Waals surface area contributed by atoms with Gasteiger partial charge < -0.3 is 55.3 Å². The number of rotatable bonds is 13. The molecule has 5 aliphatic rings. The summed E-state index contributed by atoms with van der Waals surface area (Å²) in [7, 11) is 1.53. The van der Waals surface area contributed by atoms with Crippen LogP contribution in [0.2, 0.25) is 0 Å². The van der Waals surface area contributed by atoms with Gasteiger partial charge in [-0.1, -0.05) is 110 Å². The Balaban J connectivity index is 1.20. The molecule has 1 spiro atoms. The number of carbonyl (C=O) groups excluding carboxylic acids is 5. The molecule has 0 aromatic heterocycles. The van der Waals surface area contributed by atoms with Gasteiger partial charge in [-0.05, 0) is 100 Å². The number of nitrogens with one attached hydrogen (secondary N) is 4. The zero-order chi connectivity index (χ0) is 58.8. The smallest absolute Gasteiger partial charge is 0.325 e. The van der Waals surface area contributed by atoms with Gasteiger partial charge in [0.1, 0.15) is 35.7 Å². The van der Waals surface area contributed by atoms with E-state index in [0.717, 1.165) is 12.0 Å². The van der Waals surface area contributed by atoms with Crippen LogP contribution in [0, 0.1) is 54.3 Å². The number of fused-ring (bicyclic) bond motifs is 3. The number of hydrazine groups is 1. The highest BCUT2D eigenvalue weighted by molar-refractivity contribution is 5.93. The molecule has 4 amide bonds. The van der Waals surface area contributed by atoms with Crippen molar-refractivity contribution in [2.24, 2.45) is 47.3 Å². The average molecular weight is 1120 g/mol. The number of amides is 4. The van der Waals surface area contributed by atoms with Gasteiger partial charge >= 0.3 is 5.97 Å². The zero-order valence-electron chi connectivity index (χ0n) is 49.5. The highest BCUT2D eigenvalue weighted by Gasteiger charge is 2.57. The molecule has 1 aromatic rings. The maximum Gasteiger partial charge on any atom is 0.325 e. The topological polar surface area (TPSA) is 255 Å². The third kappa shape index (κ3) is 15.6. The number of hydrogen-bond acceptors (Lipinski definition) is 14. The Morgan fingerprint density at radius 3 is 2.40 bits per heavy atom. The number of hydrogen-bond donors (Lipinski definition) is 8. The lowest BCUT2D eigenvalue weighted by Gasteiger charge is -2.56. The minimum atomic E-state index is -1.18. The molecule has 80 heavy (non-hydrogen) atoms. The van der Waals surface area contributed by atoms with Crippen molar-refractivity contribution in [2.45, 2.75) is 213 Å². The molecule has 18 heteroatoms. The van der Waals surface area contributed by atoms with Crippen molar-refractivity contribution in [3.8, 4) is 5.75 Å². The fourth-order valence-electron chi connectivity index (χ4n) is 12.2. The number of phenols is 1. The minimum Gasteiger partial charge on any atom is -0.508 e. The molecule has 0 saturated carbocycles. The first-order valence-corrected chi connectivity index (χ1v) is 29.4. The second-order valence-corrected chi connectivity index (χ2v) is 24.3. The Kier molecular flexibility index (Phi) is 22.8. The molecule has 18 atom stereocenters. The summed E-state index contributed by atoms with van der Waals surface area (Å²) in [5.41, 5.74) is 4.05. The lowest BCUT2D eigenvalue weighted by atomic mass is 9.69. The minimum absolute atomic E-state index is 0.00642. The van der Waals surface area contributed by atoms with Crippen molar-refractivity contribution in [1.29, 1.82) is 0 Å². The lowest BCUT2D eigenvalue weighted by Crippen LogP contribution is -2.71. The standard InChI is InChI=1S/C62H95N5O13/c1-13-44-31-39(7)62(65-56(44)72)42(10)54(71)41(9)52(79-62)34-50(70)36(4)21-16-14-17-22-38(6)51-25-19-15-18-24-48(68)40(8)55-45(28-29-61(11,77-12)80-55)57(73)64-53(35(2)3)58(74)63-47(32-43-27-26-37(5)49(69)33-43)59(75)67-30-20-23-46(66-67)60(76)78-51/h14-15,17-19,22,24,26-27,33,35-36,39-42,44-48,50-55,66,68-71H,13,16,20-21,23,25,28-32,34H2,1-12H3,(H,63,74)(H,64,73)(H,65,72)/b17-14+,19-15+,24-18+,38-22+/t36-,39-,40-,41-,42-,44-,45+,46?,47-,48-,50-,51-,52-,53-,54-,55+,61?,62+/m0/s1. The van der Waals surface area contributed by atoms with Crippen LogP contribution >= 0.6 is 0 Å². The molecule has 4 fully saturated rings. The number of ether oxygens (including phenoxy) is 4. The van der Waals surface area contributed by atoms with Crippen molar-refractivity contribution < 1.29 is 63.3 Å². The van der Waals surface area contributed by atoms with Crippen molar-refractivity contribution in [3.63, 3.8) is 0 Å². The summed E-state index contributed by atoms with van der Waals surface area (Å²) in [4.78, 5) is 70.8. The van der Waals surface area contributed by atoms with E-state index in [1.807, 2.05) is 58.9 Å². The van der Waals surface area contributed by atoms with Crippen molar-refractivity contribution >= 4 is 29.6 Å². The average Bonchev–Trinajstić information content (AvgIpc) is 3.56. The van der Waals surface area contributed by atoms with Crippen molar-refractivity contribution in [3.05, 3.63) is 77.4 Å². The molecular formula is C62H95N5O13. The Bertz CT molecular complexity index is 2430. The Hall–Kier alpha value is -4.95. The number of esters is 1. The predicted octanol–water partition coefficient (Wildman–Crippen LogP) is 6.53. The highest BCUT2D eigenvalue weighted by Crippen LogP contribution is 2.46.